The zero-order valence-corrected chi connectivity index (χ0v) is 6.31. The van der Waals surface area contributed by atoms with Gasteiger partial charge in [-0.3, -0.25) is 4.79 Å². The minimum Gasteiger partial charge on any atom is -0.299 e. The van der Waals surface area contributed by atoms with Crippen LogP contribution in [0.1, 0.15) is 38.5 Å². The van der Waals surface area contributed by atoms with E-state index in [1.165, 1.54) is 25.7 Å². The van der Waals surface area contributed by atoms with E-state index in [9.17, 15) is 4.79 Å². The minimum atomic E-state index is 0.514. The Morgan fingerprint density at radius 3 is 3.00 bits per heavy atom. The summed E-state index contributed by atoms with van der Waals surface area (Å²) in [5, 5.41) is 0. The lowest BCUT2D eigenvalue weighted by Gasteiger charge is -2.04. The van der Waals surface area contributed by atoms with Gasteiger partial charge in [0.15, 0.2) is 0 Å². The van der Waals surface area contributed by atoms with Crippen LogP contribution in [0, 0.1) is 11.8 Å². The largest absolute Gasteiger partial charge is 0.299 e. The monoisotopic (exact) mass is 138 g/mol. The van der Waals surface area contributed by atoms with Crippen molar-refractivity contribution in [2.24, 2.45) is 11.8 Å². The first-order chi connectivity index (χ1) is 4.88. The summed E-state index contributed by atoms with van der Waals surface area (Å²) in [6.07, 6.45) is 7.24. The quantitative estimate of drug-likeness (QED) is 0.501. The molecule has 0 heterocycles. The third-order valence-electron chi connectivity index (χ3n) is 2.83. The average Bonchev–Trinajstić information content (AvgIpc) is 2.62. The normalized spacial score (nSPS) is 39.8. The van der Waals surface area contributed by atoms with Crippen molar-refractivity contribution in [3.8, 4) is 0 Å². The van der Waals surface area contributed by atoms with E-state index < -0.39 is 0 Å². The number of carbonyl (C=O) groups excluding carboxylic acids is 1. The summed E-state index contributed by atoms with van der Waals surface area (Å²) < 4.78 is 0. The Morgan fingerprint density at radius 2 is 2.10 bits per heavy atom. The Balaban J connectivity index is 1.94. The number of rotatable bonds is 0. The maximum absolute atomic E-state index is 11.2. The third kappa shape index (κ3) is 1.09. The molecule has 0 bridgehead atoms. The number of hydrogen-bond donors (Lipinski definition) is 0. The van der Waals surface area contributed by atoms with Crippen molar-refractivity contribution >= 4 is 5.78 Å². The van der Waals surface area contributed by atoms with Crippen LogP contribution in [0.15, 0.2) is 0 Å². The molecule has 0 aliphatic heterocycles. The van der Waals surface area contributed by atoms with Gasteiger partial charge in [-0.25, -0.2) is 0 Å². The fourth-order valence-corrected chi connectivity index (χ4v) is 2.03. The molecule has 0 radical (unpaired) electrons. The van der Waals surface area contributed by atoms with Crippen LogP contribution in [0.2, 0.25) is 0 Å². The van der Waals surface area contributed by atoms with E-state index in [4.69, 9.17) is 0 Å². The van der Waals surface area contributed by atoms with Gasteiger partial charge >= 0.3 is 0 Å². The molecular formula is C9H14O. The second-order valence-electron chi connectivity index (χ2n) is 3.67. The Kier molecular flexibility index (Phi) is 1.51. The van der Waals surface area contributed by atoms with Gasteiger partial charge in [0.05, 0.1) is 0 Å². The Labute approximate surface area is 61.8 Å². The predicted octanol–water partition coefficient (Wildman–Crippen LogP) is 2.16. The van der Waals surface area contributed by atoms with Gasteiger partial charge in [0.2, 0.25) is 0 Å². The molecule has 0 spiro atoms. The molecule has 1 heteroatoms. The minimum absolute atomic E-state index is 0.514. The van der Waals surface area contributed by atoms with E-state index in [1.807, 2.05) is 0 Å². The lowest BCUT2D eigenvalue weighted by Crippen LogP contribution is -2.04. The summed E-state index contributed by atoms with van der Waals surface area (Å²) in [5.41, 5.74) is 0. The van der Waals surface area contributed by atoms with Gasteiger partial charge in [-0.2, -0.15) is 0 Å². The molecule has 0 aromatic rings. The molecule has 2 saturated carbocycles. The lowest BCUT2D eigenvalue weighted by molar-refractivity contribution is -0.120. The zero-order valence-electron chi connectivity index (χ0n) is 6.31. The Morgan fingerprint density at radius 1 is 1.20 bits per heavy atom. The fraction of sp³-hybridized carbons (Fsp3) is 0.889. The van der Waals surface area contributed by atoms with Crippen molar-refractivity contribution in [2.75, 3.05) is 0 Å². The van der Waals surface area contributed by atoms with E-state index in [1.54, 1.807) is 0 Å². The summed E-state index contributed by atoms with van der Waals surface area (Å²) in [6.45, 7) is 0. The van der Waals surface area contributed by atoms with Crippen LogP contribution in [0.5, 0.6) is 0 Å². The van der Waals surface area contributed by atoms with Crippen LogP contribution in [0.3, 0.4) is 0 Å². The molecule has 2 aliphatic carbocycles. The van der Waals surface area contributed by atoms with Gasteiger partial charge in [0, 0.05) is 12.3 Å². The number of carbonyl (C=O) groups is 1. The summed E-state index contributed by atoms with van der Waals surface area (Å²) in [7, 11) is 0. The lowest BCUT2D eigenvalue weighted by atomic mass is 10.0. The van der Waals surface area contributed by atoms with Crippen LogP contribution in [0.25, 0.3) is 0 Å². The summed E-state index contributed by atoms with van der Waals surface area (Å²) >= 11 is 0. The smallest absolute Gasteiger partial charge is 0.136 e. The van der Waals surface area contributed by atoms with Crippen LogP contribution in [-0.4, -0.2) is 5.78 Å². The number of Topliss-reactive ketones (excluding diaryl/α,β-unsaturated/α-hetero) is 1. The highest BCUT2D eigenvalue weighted by molar-refractivity contribution is 5.83. The SMILES string of the molecule is O=C1CCCCCC2CC12. The second kappa shape index (κ2) is 2.37. The highest BCUT2D eigenvalue weighted by atomic mass is 16.1. The first kappa shape index (κ1) is 6.38. The van der Waals surface area contributed by atoms with Gasteiger partial charge in [-0.05, 0) is 25.2 Å². The van der Waals surface area contributed by atoms with Crippen molar-refractivity contribution in [1.82, 2.24) is 0 Å². The van der Waals surface area contributed by atoms with Crippen molar-refractivity contribution in [3.05, 3.63) is 0 Å². The highest BCUT2D eigenvalue weighted by Gasteiger charge is 2.41. The summed E-state index contributed by atoms with van der Waals surface area (Å²) in [6, 6.07) is 0. The van der Waals surface area contributed by atoms with E-state index in [0.29, 0.717) is 11.7 Å². The zero-order chi connectivity index (χ0) is 6.97. The summed E-state index contributed by atoms with van der Waals surface area (Å²) in [4.78, 5) is 11.2. The van der Waals surface area contributed by atoms with Crippen molar-refractivity contribution in [1.29, 1.82) is 0 Å². The molecule has 2 unspecified atom stereocenters. The molecule has 10 heavy (non-hydrogen) atoms. The molecule has 2 rings (SSSR count). The molecule has 0 N–H and O–H groups in total. The average molecular weight is 138 g/mol. The first-order valence-corrected chi connectivity index (χ1v) is 4.40. The molecule has 0 aromatic carbocycles. The maximum Gasteiger partial charge on any atom is 0.136 e. The highest BCUT2D eigenvalue weighted by Crippen LogP contribution is 2.45. The second-order valence-corrected chi connectivity index (χ2v) is 3.67. The van der Waals surface area contributed by atoms with Crippen molar-refractivity contribution in [2.45, 2.75) is 38.5 Å². The molecule has 1 nitrogen and oxygen atoms in total. The number of ketones is 1. The van der Waals surface area contributed by atoms with Crippen molar-refractivity contribution < 1.29 is 4.79 Å². The summed E-state index contributed by atoms with van der Waals surface area (Å²) in [5.74, 6) is 1.89. The third-order valence-corrected chi connectivity index (χ3v) is 2.83. The van der Waals surface area contributed by atoms with Crippen LogP contribution >= 0.6 is 0 Å². The number of fused-ring (bicyclic) bond motifs is 1. The standard InChI is InChI=1S/C9H14O/c10-9-5-3-1-2-4-7-6-8(7)9/h7-8H,1-6H2. The Bertz CT molecular complexity index is 151. The van der Waals surface area contributed by atoms with E-state index >= 15 is 0 Å². The van der Waals surface area contributed by atoms with Gasteiger partial charge < -0.3 is 0 Å². The first-order valence-electron chi connectivity index (χ1n) is 4.40. The van der Waals surface area contributed by atoms with Gasteiger partial charge in [0.25, 0.3) is 0 Å². The molecule has 2 aliphatic rings. The predicted molar refractivity (Wildman–Crippen MR) is 39.7 cm³/mol. The van der Waals surface area contributed by atoms with Crippen LogP contribution in [-0.2, 0) is 4.79 Å². The van der Waals surface area contributed by atoms with Gasteiger partial charge in [-0.1, -0.05) is 12.8 Å². The van der Waals surface area contributed by atoms with Crippen LogP contribution < -0.4 is 0 Å². The molecule has 2 fully saturated rings. The van der Waals surface area contributed by atoms with E-state index in [2.05, 4.69) is 0 Å². The number of hydrogen-bond acceptors (Lipinski definition) is 1. The molecule has 0 amide bonds. The van der Waals surface area contributed by atoms with Gasteiger partial charge in [-0.15, -0.1) is 0 Å². The van der Waals surface area contributed by atoms with E-state index in [-0.39, 0.29) is 0 Å². The van der Waals surface area contributed by atoms with E-state index in [0.717, 1.165) is 18.8 Å². The molecule has 0 saturated heterocycles. The molecule has 0 aromatic heterocycles. The van der Waals surface area contributed by atoms with Crippen LogP contribution in [0.4, 0.5) is 0 Å². The fourth-order valence-electron chi connectivity index (χ4n) is 2.03. The topological polar surface area (TPSA) is 17.1 Å². The maximum atomic E-state index is 11.2. The van der Waals surface area contributed by atoms with Gasteiger partial charge in [0.1, 0.15) is 5.78 Å². The molecular weight excluding hydrogens is 124 g/mol. The van der Waals surface area contributed by atoms with Crippen molar-refractivity contribution in [3.63, 3.8) is 0 Å². The Hall–Kier alpha value is -0.330. The molecule has 56 valence electrons. The molecule has 2 atom stereocenters.